The highest BCUT2D eigenvalue weighted by molar-refractivity contribution is 9.11. The van der Waals surface area contributed by atoms with Gasteiger partial charge in [-0.1, -0.05) is 0 Å². The van der Waals surface area contributed by atoms with Gasteiger partial charge in [-0.25, -0.2) is 9.97 Å². The van der Waals surface area contributed by atoms with E-state index in [1.165, 1.54) is 20.2 Å². The fourth-order valence-corrected chi connectivity index (χ4v) is 4.69. The van der Waals surface area contributed by atoms with E-state index in [9.17, 15) is 0 Å². The summed E-state index contributed by atoms with van der Waals surface area (Å²) in [7, 11) is 0. The van der Waals surface area contributed by atoms with E-state index in [0.717, 1.165) is 14.7 Å². The van der Waals surface area contributed by atoms with Gasteiger partial charge in [-0.3, -0.25) is 0 Å². The molecule has 0 spiro atoms. The summed E-state index contributed by atoms with van der Waals surface area (Å²) in [5, 5.41) is 5.86. The molecule has 0 saturated carbocycles. The SMILES string of the molecule is Brc1cc2c3ccsc3c3cncnc3c2s1. The predicted octanol–water partition coefficient (Wildman–Crippen LogP) is 4.82. The number of rotatable bonds is 0. The van der Waals surface area contributed by atoms with Gasteiger partial charge in [0.25, 0.3) is 0 Å². The van der Waals surface area contributed by atoms with Crippen LogP contribution in [0.4, 0.5) is 0 Å². The Morgan fingerprint density at radius 2 is 2.06 bits per heavy atom. The Balaban J connectivity index is 2.47. The van der Waals surface area contributed by atoms with Gasteiger partial charge in [0.05, 0.1) is 14.0 Å². The van der Waals surface area contributed by atoms with E-state index in [1.807, 2.05) is 6.20 Å². The summed E-state index contributed by atoms with van der Waals surface area (Å²) in [5.74, 6) is 0. The van der Waals surface area contributed by atoms with Crippen LogP contribution in [0.5, 0.6) is 0 Å². The zero-order valence-electron chi connectivity index (χ0n) is 8.48. The fraction of sp³-hybridized carbons (Fsp3) is 0. The van der Waals surface area contributed by atoms with Crippen molar-refractivity contribution < 1.29 is 0 Å². The van der Waals surface area contributed by atoms with Crippen LogP contribution in [0.1, 0.15) is 0 Å². The Bertz CT molecular complexity index is 863. The number of nitrogens with zero attached hydrogens (tertiary/aromatic N) is 2. The summed E-state index contributed by atoms with van der Waals surface area (Å²) in [6, 6.07) is 4.35. The number of hydrogen-bond acceptors (Lipinski definition) is 4. The molecule has 3 aromatic heterocycles. The topological polar surface area (TPSA) is 25.8 Å². The molecule has 82 valence electrons. The normalized spacial score (nSPS) is 11.8. The van der Waals surface area contributed by atoms with Crippen LogP contribution in [0.3, 0.4) is 0 Å². The summed E-state index contributed by atoms with van der Waals surface area (Å²) in [5.41, 5.74) is 1.06. The zero-order valence-corrected chi connectivity index (χ0v) is 11.7. The molecule has 0 atom stereocenters. The molecule has 0 unspecified atom stereocenters. The summed E-state index contributed by atoms with van der Waals surface area (Å²) >= 11 is 7.04. The van der Waals surface area contributed by atoms with Crippen molar-refractivity contribution >= 4 is 69.7 Å². The lowest BCUT2D eigenvalue weighted by atomic mass is 10.1. The first-order valence-corrected chi connectivity index (χ1v) is 7.51. The highest BCUT2D eigenvalue weighted by Crippen LogP contribution is 2.41. The first kappa shape index (κ1) is 9.94. The van der Waals surface area contributed by atoms with E-state index in [0.29, 0.717) is 0 Å². The lowest BCUT2D eigenvalue weighted by molar-refractivity contribution is 1.23. The minimum Gasteiger partial charge on any atom is -0.244 e. The highest BCUT2D eigenvalue weighted by Gasteiger charge is 2.12. The maximum atomic E-state index is 4.44. The van der Waals surface area contributed by atoms with Crippen molar-refractivity contribution in [3.8, 4) is 0 Å². The Hall–Kier alpha value is -1.04. The van der Waals surface area contributed by atoms with Crippen molar-refractivity contribution in [3.63, 3.8) is 0 Å². The molecule has 0 bridgehead atoms. The number of fused-ring (bicyclic) bond motifs is 6. The van der Waals surface area contributed by atoms with Gasteiger partial charge in [0.2, 0.25) is 0 Å². The van der Waals surface area contributed by atoms with Gasteiger partial charge in [0, 0.05) is 27.1 Å². The largest absolute Gasteiger partial charge is 0.244 e. The van der Waals surface area contributed by atoms with Crippen LogP contribution in [-0.2, 0) is 0 Å². The Labute approximate surface area is 113 Å². The van der Waals surface area contributed by atoms with Gasteiger partial charge >= 0.3 is 0 Å². The number of benzene rings is 1. The van der Waals surface area contributed by atoms with Crippen LogP contribution in [0.2, 0.25) is 0 Å². The van der Waals surface area contributed by atoms with E-state index < -0.39 is 0 Å². The highest BCUT2D eigenvalue weighted by atomic mass is 79.9. The quantitative estimate of drug-likeness (QED) is 0.464. The smallest absolute Gasteiger partial charge is 0.116 e. The standard InChI is InChI=1S/C12H5BrN2S2/c13-9-3-7-6-1-2-16-11(6)8-4-14-5-15-10(8)12(7)17-9/h1-5H. The molecule has 0 aliphatic carbocycles. The molecular formula is C12H5BrN2S2. The van der Waals surface area contributed by atoms with Crippen molar-refractivity contribution in [2.45, 2.75) is 0 Å². The molecule has 17 heavy (non-hydrogen) atoms. The second kappa shape index (κ2) is 3.48. The van der Waals surface area contributed by atoms with E-state index in [4.69, 9.17) is 0 Å². The average Bonchev–Trinajstić information content (AvgIpc) is 2.94. The lowest BCUT2D eigenvalue weighted by Gasteiger charge is -2.00. The molecule has 0 N–H and O–H groups in total. The third-order valence-corrected chi connectivity index (χ3v) is 5.42. The average molecular weight is 321 g/mol. The molecule has 0 fully saturated rings. The van der Waals surface area contributed by atoms with Crippen molar-refractivity contribution in [3.05, 3.63) is 33.8 Å². The molecule has 2 nitrogen and oxygen atoms in total. The molecule has 0 radical (unpaired) electrons. The second-order valence-electron chi connectivity index (χ2n) is 3.74. The Morgan fingerprint density at radius 1 is 1.12 bits per heavy atom. The third kappa shape index (κ3) is 1.30. The molecule has 4 aromatic rings. The van der Waals surface area contributed by atoms with Gasteiger partial charge in [-0.2, -0.15) is 0 Å². The second-order valence-corrected chi connectivity index (χ2v) is 7.09. The molecule has 0 aliphatic heterocycles. The van der Waals surface area contributed by atoms with Crippen LogP contribution < -0.4 is 0 Å². The van der Waals surface area contributed by atoms with Crippen LogP contribution >= 0.6 is 38.6 Å². The van der Waals surface area contributed by atoms with E-state index in [-0.39, 0.29) is 0 Å². The summed E-state index contributed by atoms with van der Waals surface area (Å²) in [6.45, 7) is 0. The first-order chi connectivity index (χ1) is 8.34. The summed E-state index contributed by atoms with van der Waals surface area (Å²) in [6.07, 6.45) is 3.53. The van der Waals surface area contributed by atoms with Crippen LogP contribution in [0.25, 0.3) is 31.1 Å². The summed E-state index contributed by atoms with van der Waals surface area (Å²) in [4.78, 5) is 8.58. The fourth-order valence-electron chi connectivity index (χ4n) is 2.14. The van der Waals surface area contributed by atoms with Crippen molar-refractivity contribution in [2.24, 2.45) is 0 Å². The predicted molar refractivity (Wildman–Crippen MR) is 78.0 cm³/mol. The number of halogens is 1. The molecular weight excluding hydrogens is 316 g/mol. The van der Waals surface area contributed by atoms with Gasteiger partial charge in [-0.15, -0.1) is 22.7 Å². The molecule has 0 amide bonds. The van der Waals surface area contributed by atoms with E-state index in [1.54, 1.807) is 29.0 Å². The van der Waals surface area contributed by atoms with Crippen molar-refractivity contribution in [1.82, 2.24) is 9.97 Å². The first-order valence-electron chi connectivity index (χ1n) is 5.02. The molecule has 0 aliphatic rings. The van der Waals surface area contributed by atoms with E-state index in [2.05, 4.69) is 43.4 Å². The maximum absolute atomic E-state index is 4.44. The zero-order chi connectivity index (χ0) is 11.4. The molecule has 4 rings (SSSR count). The van der Waals surface area contributed by atoms with Crippen LogP contribution in [-0.4, -0.2) is 9.97 Å². The van der Waals surface area contributed by atoms with Gasteiger partial charge in [0.1, 0.15) is 6.33 Å². The Morgan fingerprint density at radius 3 is 3.00 bits per heavy atom. The molecule has 0 saturated heterocycles. The molecule has 1 aromatic carbocycles. The maximum Gasteiger partial charge on any atom is 0.116 e. The monoisotopic (exact) mass is 320 g/mol. The minimum absolute atomic E-state index is 1.06. The molecule has 5 heteroatoms. The van der Waals surface area contributed by atoms with Crippen molar-refractivity contribution in [1.29, 1.82) is 0 Å². The molecule has 3 heterocycles. The minimum atomic E-state index is 1.06. The van der Waals surface area contributed by atoms with Gasteiger partial charge < -0.3 is 0 Å². The van der Waals surface area contributed by atoms with E-state index >= 15 is 0 Å². The van der Waals surface area contributed by atoms with Crippen molar-refractivity contribution in [2.75, 3.05) is 0 Å². The van der Waals surface area contributed by atoms with Crippen LogP contribution in [0.15, 0.2) is 33.8 Å². The Kier molecular flexibility index (Phi) is 2.03. The number of hydrogen-bond donors (Lipinski definition) is 0. The van der Waals surface area contributed by atoms with Gasteiger partial charge in [-0.05, 0) is 33.4 Å². The van der Waals surface area contributed by atoms with Crippen LogP contribution in [0, 0.1) is 0 Å². The lowest BCUT2D eigenvalue weighted by Crippen LogP contribution is -1.81. The number of thiophene rings is 2. The van der Waals surface area contributed by atoms with Gasteiger partial charge in [0.15, 0.2) is 0 Å². The number of aromatic nitrogens is 2. The summed E-state index contributed by atoms with van der Waals surface area (Å²) < 4.78 is 3.66. The third-order valence-electron chi connectivity index (χ3n) is 2.83.